The predicted octanol–water partition coefficient (Wildman–Crippen LogP) is 4.65. The number of para-hydroxylation sites is 2. The molecule has 0 radical (unpaired) electrons. The van der Waals surface area contributed by atoms with Gasteiger partial charge in [-0.05, 0) is 11.6 Å². The van der Waals surface area contributed by atoms with Gasteiger partial charge in [0.15, 0.2) is 0 Å². The van der Waals surface area contributed by atoms with Crippen LogP contribution in [0.5, 0.6) is 0 Å². The van der Waals surface area contributed by atoms with E-state index in [1.807, 2.05) is 12.1 Å². The van der Waals surface area contributed by atoms with Crippen LogP contribution >= 0.6 is 0 Å². The zero-order valence-electron chi connectivity index (χ0n) is 10.1. The maximum atomic E-state index is 7.33. The minimum Gasteiger partial charge on any atom is -0.516 e. The number of aliphatic hydroxyl groups is 1. The van der Waals surface area contributed by atoms with Gasteiger partial charge < -0.3 is 10.1 Å². The number of rotatable bonds is 1. The van der Waals surface area contributed by atoms with Gasteiger partial charge in [-0.2, -0.15) is 0 Å². The molecule has 1 aromatic heterocycles. The van der Waals surface area contributed by atoms with Gasteiger partial charge in [-0.25, -0.2) is 0 Å². The fraction of sp³-hybridized carbons (Fsp3) is 0. The summed E-state index contributed by atoms with van der Waals surface area (Å²) in [6.07, 6.45) is 2.64. The molecule has 0 unspecified atom stereocenters. The molecule has 0 bridgehead atoms. The van der Waals surface area contributed by atoms with Gasteiger partial charge in [0.05, 0.1) is 11.8 Å². The lowest BCUT2D eigenvalue weighted by Gasteiger charge is -1.94. The highest BCUT2D eigenvalue weighted by Crippen LogP contribution is 2.27. The lowest BCUT2D eigenvalue weighted by molar-refractivity contribution is 0.476. The van der Waals surface area contributed by atoms with Crippen LogP contribution in [0, 0.1) is 0 Å². The molecule has 18 heavy (non-hydrogen) atoms. The summed E-state index contributed by atoms with van der Waals surface area (Å²) in [4.78, 5) is 3.43. The predicted molar refractivity (Wildman–Crippen MR) is 78.7 cm³/mol. The van der Waals surface area contributed by atoms with E-state index in [9.17, 15) is 0 Å². The highest BCUT2D eigenvalue weighted by Gasteiger charge is 2.04. The molecule has 0 atom stereocenters. The van der Waals surface area contributed by atoms with Gasteiger partial charge in [-0.15, -0.1) is 0 Å². The third-order valence-corrected chi connectivity index (χ3v) is 2.79. The summed E-state index contributed by atoms with van der Waals surface area (Å²) in [5, 5.41) is 9.87. The van der Waals surface area contributed by atoms with Gasteiger partial charge in [-0.3, -0.25) is 0 Å². The average Bonchev–Trinajstić information content (AvgIpc) is 2.78. The van der Waals surface area contributed by atoms with Gasteiger partial charge in [0.25, 0.3) is 0 Å². The molecule has 0 fully saturated rings. The Morgan fingerprint density at radius 3 is 2.33 bits per heavy atom. The SMILES string of the molecule is C=CO.C=Cc1cccc2c1[nH]c1ccccc12. The molecule has 0 aliphatic carbocycles. The topological polar surface area (TPSA) is 36.0 Å². The molecule has 3 aromatic rings. The molecule has 0 aliphatic rings. The first-order valence-corrected chi connectivity index (χ1v) is 5.68. The Hall–Kier alpha value is -2.48. The Kier molecular flexibility index (Phi) is 3.49. The van der Waals surface area contributed by atoms with E-state index in [2.05, 4.69) is 54.5 Å². The van der Waals surface area contributed by atoms with Crippen LogP contribution in [0.25, 0.3) is 27.9 Å². The summed E-state index contributed by atoms with van der Waals surface area (Å²) in [6, 6.07) is 14.6. The van der Waals surface area contributed by atoms with Crippen molar-refractivity contribution < 1.29 is 5.11 Å². The van der Waals surface area contributed by atoms with Crippen LogP contribution in [0.15, 0.2) is 61.9 Å². The van der Waals surface area contributed by atoms with E-state index >= 15 is 0 Å². The van der Waals surface area contributed by atoms with Crippen LogP contribution in [0.1, 0.15) is 5.56 Å². The maximum absolute atomic E-state index is 7.33. The maximum Gasteiger partial charge on any atom is 0.0719 e. The second kappa shape index (κ2) is 5.23. The van der Waals surface area contributed by atoms with Crippen LogP contribution in [0.3, 0.4) is 0 Å². The molecule has 0 aliphatic heterocycles. The lowest BCUT2D eigenvalue weighted by atomic mass is 10.1. The molecule has 1 heterocycles. The van der Waals surface area contributed by atoms with Crippen LogP contribution in [0.4, 0.5) is 0 Å². The number of benzene rings is 2. The van der Waals surface area contributed by atoms with E-state index in [1.54, 1.807) is 0 Å². The second-order valence-corrected chi connectivity index (χ2v) is 3.83. The van der Waals surface area contributed by atoms with Crippen LogP contribution in [-0.4, -0.2) is 10.1 Å². The number of hydrogen-bond acceptors (Lipinski definition) is 1. The van der Waals surface area contributed by atoms with E-state index in [0.29, 0.717) is 0 Å². The molecule has 90 valence electrons. The first-order chi connectivity index (χ1) is 8.81. The van der Waals surface area contributed by atoms with Crippen molar-refractivity contribution in [3.05, 3.63) is 67.4 Å². The Bertz CT molecular complexity index is 694. The number of H-pyrrole nitrogens is 1. The smallest absolute Gasteiger partial charge is 0.0719 e. The normalized spacial score (nSPS) is 9.78. The monoisotopic (exact) mass is 237 g/mol. The van der Waals surface area contributed by atoms with E-state index in [0.717, 1.165) is 11.8 Å². The zero-order valence-corrected chi connectivity index (χ0v) is 10.1. The van der Waals surface area contributed by atoms with E-state index < -0.39 is 0 Å². The number of aliphatic hydroxyl groups excluding tert-OH is 1. The fourth-order valence-electron chi connectivity index (χ4n) is 2.07. The number of nitrogens with one attached hydrogen (secondary N) is 1. The van der Waals surface area contributed by atoms with Crippen molar-refractivity contribution in [2.75, 3.05) is 0 Å². The van der Waals surface area contributed by atoms with Gasteiger partial charge in [-0.1, -0.05) is 55.6 Å². The minimum absolute atomic E-state index is 0.750. The van der Waals surface area contributed by atoms with Crippen LogP contribution < -0.4 is 0 Å². The lowest BCUT2D eigenvalue weighted by Crippen LogP contribution is -1.73. The summed E-state index contributed by atoms with van der Waals surface area (Å²) in [6.45, 7) is 6.75. The largest absolute Gasteiger partial charge is 0.516 e. The number of hydrogen-bond donors (Lipinski definition) is 2. The summed E-state index contributed by atoms with van der Waals surface area (Å²) in [5.74, 6) is 0. The Morgan fingerprint density at radius 2 is 1.61 bits per heavy atom. The molecular formula is C16H15NO. The van der Waals surface area contributed by atoms with Crippen LogP contribution in [-0.2, 0) is 0 Å². The molecule has 0 saturated carbocycles. The van der Waals surface area contributed by atoms with Gasteiger partial charge >= 0.3 is 0 Å². The third-order valence-electron chi connectivity index (χ3n) is 2.79. The molecule has 0 spiro atoms. The summed E-state index contributed by atoms with van der Waals surface area (Å²) in [7, 11) is 0. The first kappa shape index (κ1) is 12.0. The van der Waals surface area contributed by atoms with Crippen molar-refractivity contribution >= 4 is 27.9 Å². The molecule has 2 nitrogen and oxygen atoms in total. The van der Waals surface area contributed by atoms with Gasteiger partial charge in [0.2, 0.25) is 0 Å². The van der Waals surface area contributed by atoms with E-state index in [1.165, 1.54) is 21.8 Å². The fourth-order valence-corrected chi connectivity index (χ4v) is 2.07. The Balaban J connectivity index is 0.000000367. The van der Waals surface area contributed by atoms with E-state index in [4.69, 9.17) is 5.11 Å². The third kappa shape index (κ3) is 2.00. The highest BCUT2D eigenvalue weighted by atomic mass is 16.2. The highest BCUT2D eigenvalue weighted by molar-refractivity contribution is 6.09. The number of aromatic amines is 1. The van der Waals surface area contributed by atoms with Gasteiger partial charge in [0, 0.05) is 16.3 Å². The van der Waals surface area contributed by atoms with Crippen LogP contribution in [0.2, 0.25) is 0 Å². The number of fused-ring (bicyclic) bond motifs is 3. The summed E-state index contributed by atoms with van der Waals surface area (Å²) < 4.78 is 0. The molecule has 2 aromatic carbocycles. The van der Waals surface area contributed by atoms with Crippen molar-refractivity contribution in [2.24, 2.45) is 0 Å². The minimum atomic E-state index is 0.750. The molecule has 3 rings (SSSR count). The molecule has 2 N–H and O–H groups in total. The van der Waals surface area contributed by atoms with Crippen molar-refractivity contribution in [3.8, 4) is 0 Å². The second-order valence-electron chi connectivity index (χ2n) is 3.83. The summed E-state index contributed by atoms with van der Waals surface area (Å²) in [5.41, 5.74) is 3.51. The molecule has 0 saturated heterocycles. The zero-order chi connectivity index (χ0) is 13.0. The quantitative estimate of drug-likeness (QED) is 0.594. The van der Waals surface area contributed by atoms with Crippen molar-refractivity contribution in [2.45, 2.75) is 0 Å². The first-order valence-electron chi connectivity index (χ1n) is 5.68. The Morgan fingerprint density at radius 1 is 0.944 bits per heavy atom. The van der Waals surface area contributed by atoms with Crippen molar-refractivity contribution in [1.29, 1.82) is 0 Å². The molecule has 0 amide bonds. The Labute approximate surface area is 106 Å². The summed E-state index contributed by atoms with van der Waals surface area (Å²) >= 11 is 0. The van der Waals surface area contributed by atoms with E-state index in [-0.39, 0.29) is 0 Å². The van der Waals surface area contributed by atoms with Gasteiger partial charge in [0.1, 0.15) is 0 Å². The molecule has 2 heteroatoms. The average molecular weight is 237 g/mol. The standard InChI is InChI=1S/C14H11N.C2H4O/c1-2-10-6-5-8-12-11-7-3-4-9-13(11)15-14(10)12;1-2-3/h2-9,15H,1H2;2-3H,1H2. The molecular weight excluding hydrogens is 222 g/mol. The van der Waals surface area contributed by atoms with Crippen molar-refractivity contribution in [3.63, 3.8) is 0 Å². The van der Waals surface area contributed by atoms with Crippen molar-refractivity contribution in [1.82, 2.24) is 4.98 Å². The number of aromatic nitrogens is 1.